The van der Waals surface area contributed by atoms with Gasteiger partial charge in [0.1, 0.15) is 11.6 Å². The number of benzene rings is 2. The third kappa shape index (κ3) is 7.25. The summed E-state index contributed by atoms with van der Waals surface area (Å²) in [6.07, 6.45) is 1.66. The average molecular weight is 445 g/mol. The highest BCUT2D eigenvalue weighted by Gasteiger charge is 2.00. The van der Waals surface area contributed by atoms with Gasteiger partial charge in [-0.1, -0.05) is 24.3 Å². The van der Waals surface area contributed by atoms with Gasteiger partial charge in [-0.3, -0.25) is 4.99 Å². The van der Waals surface area contributed by atoms with Gasteiger partial charge in [0.05, 0.1) is 0 Å². The van der Waals surface area contributed by atoms with Crippen molar-refractivity contribution in [1.82, 2.24) is 10.6 Å². The molecule has 0 unspecified atom stereocenters. The second-order valence-electron chi connectivity index (χ2n) is 5.22. The Morgan fingerprint density at radius 1 is 0.958 bits per heavy atom. The van der Waals surface area contributed by atoms with Crippen molar-refractivity contribution in [1.29, 1.82) is 0 Å². The molecule has 2 aromatic rings. The fraction of sp³-hybridized carbons (Fsp3) is 0.278. The Hall–Kier alpha value is -1.70. The lowest BCUT2D eigenvalue weighted by atomic mass is 10.1. The number of halogens is 3. The molecule has 3 nitrogen and oxygen atoms in total. The monoisotopic (exact) mass is 445 g/mol. The van der Waals surface area contributed by atoms with E-state index in [0.717, 1.165) is 30.5 Å². The first kappa shape index (κ1) is 20.3. The van der Waals surface area contributed by atoms with Crippen LogP contribution in [0, 0.1) is 11.6 Å². The molecule has 24 heavy (non-hydrogen) atoms. The SMILES string of the molecule is CN=C(NCCCc1cccc(F)c1)NCc1cccc(F)c1.I. The van der Waals surface area contributed by atoms with Gasteiger partial charge in [0, 0.05) is 20.1 Å². The van der Waals surface area contributed by atoms with Crippen molar-refractivity contribution in [2.24, 2.45) is 4.99 Å². The number of rotatable bonds is 6. The predicted octanol–water partition coefficient (Wildman–Crippen LogP) is 3.88. The van der Waals surface area contributed by atoms with Crippen LogP contribution in [-0.4, -0.2) is 19.6 Å². The van der Waals surface area contributed by atoms with Gasteiger partial charge in [0.15, 0.2) is 5.96 Å². The summed E-state index contributed by atoms with van der Waals surface area (Å²) >= 11 is 0. The van der Waals surface area contributed by atoms with Crippen LogP contribution in [0.1, 0.15) is 17.5 Å². The third-order valence-electron chi connectivity index (χ3n) is 3.40. The van der Waals surface area contributed by atoms with Crippen LogP contribution in [0.25, 0.3) is 0 Å². The number of nitrogens with one attached hydrogen (secondary N) is 2. The third-order valence-corrected chi connectivity index (χ3v) is 3.40. The average Bonchev–Trinajstić information content (AvgIpc) is 2.54. The topological polar surface area (TPSA) is 36.4 Å². The highest BCUT2D eigenvalue weighted by Crippen LogP contribution is 2.05. The molecule has 0 atom stereocenters. The zero-order valence-electron chi connectivity index (χ0n) is 13.6. The Morgan fingerprint density at radius 3 is 2.21 bits per heavy atom. The van der Waals surface area contributed by atoms with E-state index in [-0.39, 0.29) is 35.6 Å². The lowest BCUT2D eigenvalue weighted by Gasteiger charge is -2.12. The van der Waals surface area contributed by atoms with Crippen molar-refractivity contribution in [2.75, 3.05) is 13.6 Å². The Kier molecular flexibility index (Phi) is 9.29. The van der Waals surface area contributed by atoms with Gasteiger partial charge in [-0.15, -0.1) is 24.0 Å². The Bertz CT molecular complexity index is 662. The Morgan fingerprint density at radius 2 is 1.58 bits per heavy atom. The van der Waals surface area contributed by atoms with Crippen molar-refractivity contribution in [3.8, 4) is 0 Å². The van der Waals surface area contributed by atoms with Crippen LogP contribution in [0.2, 0.25) is 0 Å². The molecule has 0 saturated carbocycles. The highest BCUT2D eigenvalue weighted by atomic mass is 127. The molecule has 0 aliphatic heterocycles. The van der Waals surface area contributed by atoms with Crippen LogP contribution in [0.15, 0.2) is 53.5 Å². The van der Waals surface area contributed by atoms with Gasteiger partial charge in [-0.2, -0.15) is 0 Å². The molecule has 0 aliphatic rings. The molecule has 0 aliphatic carbocycles. The maximum Gasteiger partial charge on any atom is 0.191 e. The highest BCUT2D eigenvalue weighted by molar-refractivity contribution is 14.0. The molecular formula is C18H22F2IN3. The summed E-state index contributed by atoms with van der Waals surface area (Å²) < 4.78 is 26.2. The smallest absolute Gasteiger partial charge is 0.191 e. The van der Waals surface area contributed by atoms with Gasteiger partial charge in [0.25, 0.3) is 0 Å². The maximum absolute atomic E-state index is 13.1. The zero-order valence-corrected chi connectivity index (χ0v) is 15.9. The molecule has 2 aromatic carbocycles. The van der Waals surface area contributed by atoms with Crippen molar-refractivity contribution in [2.45, 2.75) is 19.4 Å². The van der Waals surface area contributed by atoms with Crippen LogP contribution in [-0.2, 0) is 13.0 Å². The fourth-order valence-electron chi connectivity index (χ4n) is 2.25. The van der Waals surface area contributed by atoms with Crippen molar-refractivity contribution < 1.29 is 8.78 Å². The van der Waals surface area contributed by atoms with Crippen molar-refractivity contribution in [3.05, 3.63) is 71.3 Å². The van der Waals surface area contributed by atoms with Crippen LogP contribution >= 0.6 is 24.0 Å². The van der Waals surface area contributed by atoms with Crippen molar-refractivity contribution >= 4 is 29.9 Å². The molecular weight excluding hydrogens is 423 g/mol. The quantitative estimate of drug-likeness (QED) is 0.307. The van der Waals surface area contributed by atoms with Gasteiger partial charge in [-0.25, -0.2) is 8.78 Å². The second kappa shape index (κ2) is 11.0. The molecule has 0 heterocycles. The maximum atomic E-state index is 13.1. The zero-order chi connectivity index (χ0) is 16.5. The standard InChI is InChI=1S/C18H21F2N3.HI/c1-21-18(23-13-15-6-3-9-17(20)12-15)22-10-4-7-14-5-2-8-16(19)11-14;/h2-3,5-6,8-9,11-12H,4,7,10,13H2,1H3,(H2,21,22,23);1H. The summed E-state index contributed by atoms with van der Waals surface area (Å²) in [6, 6.07) is 13.1. The van der Waals surface area contributed by atoms with Gasteiger partial charge >= 0.3 is 0 Å². The Labute approximate surface area is 158 Å². The first-order valence-corrected chi connectivity index (χ1v) is 7.61. The summed E-state index contributed by atoms with van der Waals surface area (Å²) in [5.41, 5.74) is 1.84. The second-order valence-corrected chi connectivity index (χ2v) is 5.22. The molecule has 130 valence electrons. The Balaban J connectivity index is 0.00000288. The number of aryl methyl sites for hydroxylation is 1. The van der Waals surface area contributed by atoms with Crippen LogP contribution in [0.4, 0.5) is 8.78 Å². The van der Waals surface area contributed by atoms with Gasteiger partial charge in [0.2, 0.25) is 0 Å². The van der Waals surface area contributed by atoms with Crippen LogP contribution in [0.3, 0.4) is 0 Å². The molecule has 6 heteroatoms. The lowest BCUT2D eigenvalue weighted by molar-refractivity contribution is 0.624. The summed E-state index contributed by atoms with van der Waals surface area (Å²) in [5.74, 6) is 0.207. The first-order valence-electron chi connectivity index (χ1n) is 7.61. The van der Waals surface area contributed by atoms with E-state index >= 15 is 0 Å². The molecule has 0 amide bonds. The minimum atomic E-state index is -0.248. The first-order chi connectivity index (χ1) is 11.2. The summed E-state index contributed by atoms with van der Waals surface area (Å²) in [5, 5.41) is 6.32. The van der Waals surface area contributed by atoms with E-state index in [4.69, 9.17) is 0 Å². The van der Waals surface area contributed by atoms with Gasteiger partial charge < -0.3 is 10.6 Å². The summed E-state index contributed by atoms with van der Waals surface area (Å²) in [6.45, 7) is 1.22. The van der Waals surface area contributed by atoms with E-state index in [2.05, 4.69) is 15.6 Å². The number of aliphatic imine (C=N–C) groups is 1. The molecule has 0 spiro atoms. The molecule has 2 N–H and O–H groups in total. The minimum absolute atomic E-state index is 0. The minimum Gasteiger partial charge on any atom is -0.356 e. The van der Waals surface area contributed by atoms with Gasteiger partial charge in [-0.05, 0) is 48.2 Å². The van der Waals surface area contributed by atoms with E-state index in [1.807, 2.05) is 12.1 Å². The molecule has 0 fully saturated rings. The van der Waals surface area contributed by atoms with E-state index in [0.29, 0.717) is 12.5 Å². The van der Waals surface area contributed by atoms with Crippen LogP contribution in [0.5, 0.6) is 0 Å². The molecule has 0 aromatic heterocycles. The van der Waals surface area contributed by atoms with E-state index in [1.165, 1.54) is 18.2 Å². The number of hydrogen-bond donors (Lipinski definition) is 2. The molecule has 0 bridgehead atoms. The lowest BCUT2D eigenvalue weighted by Crippen LogP contribution is -2.37. The number of nitrogens with zero attached hydrogens (tertiary/aromatic N) is 1. The normalized spacial score (nSPS) is 10.9. The molecule has 2 rings (SSSR count). The van der Waals surface area contributed by atoms with E-state index in [9.17, 15) is 8.78 Å². The van der Waals surface area contributed by atoms with E-state index in [1.54, 1.807) is 25.2 Å². The largest absolute Gasteiger partial charge is 0.356 e. The number of guanidine groups is 1. The fourth-order valence-corrected chi connectivity index (χ4v) is 2.25. The predicted molar refractivity (Wildman–Crippen MR) is 105 cm³/mol. The molecule has 0 radical (unpaired) electrons. The van der Waals surface area contributed by atoms with Crippen molar-refractivity contribution in [3.63, 3.8) is 0 Å². The molecule has 0 saturated heterocycles. The van der Waals surface area contributed by atoms with E-state index < -0.39 is 0 Å². The summed E-state index contributed by atoms with van der Waals surface area (Å²) in [4.78, 5) is 4.12. The summed E-state index contributed by atoms with van der Waals surface area (Å²) in [7, 11) is 1.69. The van der Waals surface area contributed by atoms with Crippen LogP contribution < -0.4 is 10.6 Å². The number of hydrogen-bond acceptors (Lipinski definition) is 1.